The van der Waals surface area contributed by atoms with Crippen molar-refractivity contribution in [3.8, 4) is 0 Å². The van der Waals surface area contributed by atoms with Gasteiger partial charge in [0.15, 0.2) is 0 Å². The van der Waals surface area contributed by atoms with Gasteiger partial charge in [-0.05, 0) is 23.6 Å². The van der Waals surface area contributed by atoms with Crippen LogP contribution in [0.5, 0.6) is 0 Å². The average molecular weight is 242 g/mol. The molecule has 2 heterocycles. The van der Waals surface area contributed by atoms with Gasteiger partial charge in [0.2, 0.25) is 0 Å². The van der Waals surface area contributed by atoms with Crippen molar-refractivity contribution in [2.24, 2.45) is 0 Å². The van der Waals surface area contributed by atoms with Crippen LogP contribution in [0.2, 0.25) is 0 Å². The molecule has 4 heteroatoms. The van der Waals surface area contributed by atoms with Gasteiger partial charge < -0.3 is 10.3 Å². The van der Waals surface area contributed by atoms with E-state index in [4.69, 9.17) is 5.73 Å². The largest absolute Gasteiger partial charge is 0.398 e. The van der Waals surface area contributed by atoms with Crippen LogP contribution in [-0.2, 0) is 19.5 Å². The highest BCUT2D eigenvalue weighted by atomic mass is 15.2. The van der Waals surface area contributed by atoms with Crippen molar-refractivity contribution < 1.29 is 0 Å². The van der Waals surface area contributed by atoms with Gasteiger partial charge in [-0.25, -0.2) is 4.98 Å². The third-order valence-corrected chi connectivity index (χ3v) is 3.61. The van der Waals surface area contributed by atoms with Gasteiger partial charge in [0.25, 0.3) is 0 Å². The molecular formula is C14H18N4. The van der Waals surface area contributed by atoms with Crippen molar-refractivity contribution in [3.63, 3.8) is 0 Å². The Hall–Kier alpha value is -1.81. The molecule has 0 bridgehead atoms. The Balaban J connectivity index is 1.64. The molecular weight excluding hydrogens is 224 g/mol. The molecule has 94 valence electrons. The van der Waals surface area contributed by atoms with Gasteiger partial charge >= 0.3 is 0 Å². The summed E-state index contributed by atoms with van der Waals surface area (Å²) in [5.74, 6) is 0. The number of rotatable bonds is 3. The second kappa shape index (κ2) is 4.82. The lowest BCUT2D eigenvalue weighted by molar-refractivity contribution is 0.244. The Bertz CT molecular complexity index is 519. The first-order valence-corrected chi connectivity index (χ1v) is 6.37. The molecule has 1 aliphatic rings. The van der Waals surface area contributed by atoms with Crippen LogP contribution in [0.1, 0.15) is 11.1 Å². The van der Waals surface area contributed by atoms with Gasteiger partial charge in [0.1, 0.15) is 0 Å². The zero-order chi connectivity index (χ0) is 12.4. The van der Waals surface area contributed by atoms with E-state index >= 15 is 0 Å². The second-order valence-electron chi connectivity index (χ2n) is 4.81. The minimum absolute atomic E-state index is 0.946. The van der Waals surface area contributed by atoms with Gasteiger partial charge in [-0.3, -0.25) is 4.90 Å². The van der Waals surface area contributed by atoms with Crippen molar-refractivity contribution >= 4 is 5.69 Å². The summed E-state index contributed by atoms with van der Waals surface area (Å²) in [6, 6.07) is 6.24. The van der Waals surface area contributed by atoms with E-state index in [1.807, 2.05) is 30.9 Å². The number of nitrogens with zero attached hydrogens (tertiary/aromatic N) is 3. The zero-order valence-electron chi connectivity index (χ0n) is 10.4. The molecule has 0 amide bonds. The first-order chi connectivity index (χ1) is 8.83. The van der Waals surface area contributed by atoms with E-state index in [1.165, 1.54) is 11.1 Å². The second-order valence-corrected chi connectivity index (χ2v) is 4.81. The lowest BCUT2D eigenvalue weighted by Crippen LogP contribution is -2.33. The number of hydrogen-bond donors (Lipinski definition) is 1. The Labute approximate surface area is 107 Å². The highest BCUT2D eigenvalue weighted by Crippen LogP contribution is 2.23. The van der Waals surface area contributed by atoms with Crippen molar-refractivity contribution in [1.29, 1.82) is 0 Å². The molecule has 0 saturated heterocycles. The maximum Gasteiger partial charge on any atom is 0.0946 e. The molecule has 2 aromatic rings. The first-order valence-electron chi connectivity index (χ1n) is 6.37. The molecule has 2 N–H and O–H groups in total. The van der Waals surface area contributed by atoms with E-state index in [0.29, 0.717) is 0 Å². The molecule has 0 unspecified atom stereocenters. The molecule has 0 saturated carbocycles. The SMILES string of the molecule is Nc1cccc2c1CCN(CCn1ccnc1)C2. The van der Waals surface area contributed by atoms with Crippen LogP contribution >= 0.6 is 0 Å². The third kappa shape index (κ3) is 2.24. The normalized spacial score (nSPS) is 15.6. The van der Waals surface area contributed by atoms with Crippen molar-refractivity contribution in [1.82, 2.24) is 14.5 Å². The van der Waals surface area contributed by atoms with E-state index in [2.05, 4.69) is 20.5 Å². The molecule has 0 aliphatic carbocycles. The monoisotopic (exact) mass is 242 g/mol. The minimum Gasteiger partial charge on any atom is -0.398 e. The van der Waals surface area contributed by atoms with Gasteiger partial charge in [-0.15, -0.1) is 0 Å². The summed E-state index contributed by atoms with van der Waals surface area (Å²) in [5, 5.41) is 0. The van der Waals surface area contributed by atoms with Crippen LogP contribution in [0.4, 0.5) is 5.69 Å². The number of hydrogen-bond acceptors (Lipinski definition) is 3. The standard InChI is InChI=1S/C14H18N4/c15-14-3-1-2-12-10-17(6-4-13(12)14)8-9-18-7-5-16-11-18/h1-3,5,7,11H,4,6,8-10,15H2. The van der Waals surface area contributed by atoms with Crippen LogP contribution in [0.15, 0.2) is 36.9 Å². The maximum atomic E-state index is 6.01. The molecule has 1 aromatic carbocycles. The number of nitrogen functional groups attached to an aromatic ring is 1. The molecule has 1 aliphatic heterocycles. The van der Waals surface area contributed by atoms with Crippen molar-refractivity contribution in [3.05, 3.63) is 48.0 Å². The van der Waals surface area contributed by atoms with Crippen LogP contribution in [0.3, 0.4) is 0 Å². The minimum atomic E-state index is 0.946. The highest BCUT2D eigenvalue weighted by molar-refractivity contribution is 5.51. The summed E-state index contributed by atoms with van der Waals surface area (Å²) in [7, 11) is 0. The lowest BCUT2D eigenvalue weighted by atomic mass is 9.98. The summed E-state index contributed by atoms with van der Waals surface area (Å²) in [6.07, 6.45) is 6.77. The van der Waals surface area contributed by atoms with Crippen LogP contribution in [0.25, 0.3) is 0 Å². The lowest BCUT2D eigenvalue weighted by Gasteiger charge is -2.29. The number of nitrogens with two attached hydrogens (primary N) is 1. The third-order valence-electron chi connectivity index (χ3n) is 3.61. The summed E-state index contributed by atoms with van der Waals surface area (Å²) < 4.78 is 2.12. The molecule has 0 radical (unpaired) electrons. The molecule has 0 atom stereocenters. The van der Waals surface area contributed by atoms with E-state index in [-0.39, 0.29) is 0 Å². The Morgan fingerprint density at radius 3 is 3.06 bits per heavy atom. The van der Waals surface area contributed by atoms with Gasteiger partial charge in [-0.2, -0.15) is 0 Å². The van der Waals surface area contributed by atoms with E-state index in [9.17, 15) is 0 Å². The van der Waals surface area contributed by atoms with Crippen molar-refractivity contribution in [2.75, 3.05) is 18.8 Å². The fourth-order valence-electron chi connectivity index (χ4n) is 2.56. The van der Waals surface area contributed by atoms with Crippen LogP contribution in [0, 0.1) is 0 Å². The number of imidazole rings is 1. The van der Waals surface area contributed by atoms with Crippen LogP contribution in [-0.4, -0.2) is 27.5 Å². The molecule has 18 heavy (non-hydrogen) atoms. The first kappa shape index (κ1) is 11.3. The zero-order valence-corrected chi connectivity index (χ0v) is 10.4. The fraction of sp³-hybridized carbons (Fsp3) is 0.357. The number of anilines is 1. The maximum absolute atomic E-state index is 6.01. The van der Waals surface area contributed by atoms with Gasteiger partial charge in [0, 0.05) is 44.3 Å². The smallest absolute Gasteiger partial charge is 0.0946 e. The predicted octanol–water partition coefficient (Wildman–Crippen LogP) is 1.52. The van der Waals surface area contributed by atoms with Gasteiger partial charge in [-0.1, -0.05) is 12.1 Å². The molecule has 0 fully saturated rings. The summed E-state index contributed by atoms with van der Waals surface area (Å²) in [6.45, 7) is 4.16. The number of aromatic nitrogens is 2. The number of benzene rings is 1. The molecule has 0 spiro atoms. The predicted molar refractivity (Wildman–Crippen MR) is 72.1 cm³/mol. The Morgan fingerprint density at radius 1 is 1.28 bits per heavy atom. The number of fused-ring (bicyclic) bond motifs is 1. The van der Waals surface area contributed by atoms with E-state index in [0.717, 1.165) is 38.3 Å². The molecule has 1 aromatic heterocycles. The Morgan fingerprint density at radius 2 is 2.22 bits per heavy atom. The van der Waals surface area contributed by atoms with E-state index < -0.39 is 0 Å². The summed E-state index contributed by atoms with van der Waals surface area (Å²) in [5.41, 5.74) is 9.68. The Kier molecular flexibility index (Phi) is 3.02. The molecule has 3 rings (SSSR count). The summed E-state index contributed by atoms with van der Waals surface area (Å²) >= 11 is 0. The van der Waals surface area contributed by atoms with Crippen LogP contribution < -0.4 is 5.73 Å². The summed E-state index contributed by atoms with van der Waals surface area (Å²) in [4.78, 5) is 6.54. The van der Waals surface area contributed by atoms with Gasteiger partial charge in [0.05, 0.1) is 6.33 Å². The van der Waals surface area contributed by atoms with Crippen molar-refractivity contribution in [2.45, 2.75) is 19.5 Å². The van der Waals surface area contributed by atoms with E-state index in [1.54, 1.807) is 0 Å². The fourth-order valence-corrected chi connectivity index (χ4v) is 2.56. The molecule has 4 nitrogen and oxygen atoms in total. The quantitative estimate of drug-likeness (QED) is 0.830. The average Bonchev–Trinajstić information content (AvgIpc) is 2.90. The highest BCUT2D eigenvalue weighted by Gasteiger charge is 2.17. The topological polar surface area (TPSA) is 47.1 Å².